The number of ether oxygens (including phenoxy) is 1. The third-order valence-corrected chi connectivity index (χ3v) is 4.24. The summed E-state index contributed by atoms with van der Waals surface area (Å²) < 4.78 is 7.04. The maximum atomic E-state index is 12.0. The highest BCUT2D eigenvalue weighted by atomic mass is 16.5. The minimum atomic E-state index is -0.366. The molecule has 2 heterocycles. The number of likely N-dealkylation sites (tertiary alicyclic amines) is 1. The first-order valence-electron chi connectivity index (χ1n) is 8.77. The minimum absolute atomic E-state index is 0.0670. The van der Waals surface area contributed by atoms with Crippen LogP contribution >= 0.6 is 0 Å². The highest BCUT2D eigenvalue weighted by Gasteiger charge is 2.26. The predicted molar refractivity (Wildman–Crippen MR) is 91.8 cm³/mol. The first kappa shape index (κ1) is 18.2. The molecule has 6 nitrogen and oxygen atoms in total. The van der Waals surface area contributed by atoms with Gasteiger partial charge in [0.15, 0.2) is 5.69 Å². The molecule has 1 amide bonds. The summed E-state index contributed by atoms with van der Waals surface area (Å²) in [4.78, 5) is 25.8. The van der Waals surface area contributed by atoms with Crippen LogP contribution in [-0.4, -0.2) is 46.3 Å². The van der Waals surface area contributed by atoms with Crippen molar-refractivity contribution < 1.29 is 14.3 Å². The SMILES string of the molecule is C/C=C/C(=O)N1CCC(n2nc(C(=O)OCC)cc2CCC)CC1. The zero-order valence-electron chi connectivity index (χ0n) is 14.8. The van der Waals surface area contributed by atoms with E-state index in [0.29, 0.717) is 25.4 Å². The smallest absolute Gasteiger partial charge is 0.358 e. The molecule has 0 bridgehead atoms. The standard InChI is InChI=1S/C18H27N3O3/c1-4-7-15-13-16(18(23)24-6-3)19-21(15)14-9-11-20(12-10-14)17(22)8-5-2/h5,8,13-14H,4,6-7,9-12H2,1-3H3/b8-5+. The molecular weight excluding hydrogens is 306 g/mol. The molecule has 2 rings (SSSR count). The van der Waals surface area contributed by atoms with Crippen molar-refractivity contribution in [2.24, 2.45) is 0 Å². The molecule has 132 valence electrons. The molecule has 1 aliphatic rings. The van der Waals surface area contributed by atoms with Gasteiger partial charge in [-0.25, -0.2) is 4.79 Å². The van der Waals surface area contributed by atoms with Gasteiger partial charge in [0, 0.05) is 18.8 Å². The Hall–Kier alpha value is -2.11. The number of carbonyl (C=O) groups is 2. The fraction of sp³-hybridized carbons (Fsp3) is 0.611. The summed E-state index contributed by atoms with van der Waals surface area (Å²) in [6.07, 6.45) is 6.95. The van der Waals surface area contributed by atoms with E-state index in [0.717, 1.165) is 31.4 Å². The van der Waals surface area contributed by atoms with Crippen molar-refractivity contribution in [3.63, 3.8) is 0 Å². The van der Waals surface area contributed by atoms with Gasteiger partial charge in [-0.1, -0.05) is 19.4 Å². The fourth-order valence-corrected chi connectivity index (χ4v) is 3.08. The number of nitrogens with zero attached hydrogens (tertiary/aromatic N) is 3. The van der Waals surface area contributed by atoms with Crippen molar-refractivity contribution in [2.75, 3.05) is 19.7 Å². The fourth-order valence-electron chi connectivity index (χ4n) is 3.08. The Bertz CT molecular complexity index is 599. The van der Waals surface area contributed by atoms with Crippen LogP contribution in [0, 0.1) is 0 Å². The van der Waals surface area contributed by atoms with E-state index in [-0.39, 0.29) is 17.9 Å². The molecule has 0 aliphatic carbocycles. The van der Waals surface area contributed by atoms with Gasteiger partial charge in [0.25, 0.3) is 0 Å². The molecule has 1 aromatic heterocycles. The molecule has 1 saturated heterocycles. The maximum Gasteiger partial charge on any atom is 0.358 e. The number of hydrogen-bond acceptors (Lipinski definition) is 4. The lowest BCUT2D eigenvalue weighted by Crippen LogP contribution is -2.38. The van der Waals surface area contributed by atoms with Gasteiger partial charge in [-0.3, -0.25) is 9.48 Å². The predicted octanol–water partition coefficient (Wildman–Crippen LogP) is 2.75. The largest absolute Gasteiger partial charge is 0.461 e. The third-order valence-electron chi connectivity index (χ3n) is 4.24. The molecule has 0 saturated carbocycles. The van der Waals surface area contributed by atoms with Crippen LogP contribution in [0.4, 0.5) is 0 Å². The van der Waals surface area contributed by atoms with Gasteiger partial charge < -0.3 is 9.64 Å². The lowest BCUT2D eigenvalue weighted by Gasteiger charge is -2.32. The van der Waals surface area contributed by atoms with Crippen LogP contribution in [0.15, 0.2) is 18.2 Å². The molecule has 0 atom stereocenters. The Morgan fingerprint density at radius 3 is 2.62 bits per heavy atom. The average molecular weight is 333 g/mol. The number of rotatable bonds is 6. The molecule has 1 fully saturated rings. The number of aromatic nitrogens is 2. The number of amides is 1. The molecule has 0 unspecified atom stereocenters. The van der Waals surface area contributed by atoms with E-state index in [2.05, 4.69) is 12.0 Å². The van der Waals surface area contributed by atoms with Crippen molar-refractivity contribution >= 4 is 11.9 Å². The summed E-state index contributed by atoms with van der Waals surface area (Å²) in [5.41, 5.74) is 1.45. The van der Waals surface area contributed by atoms with Gasteiger partial charge >= 0.3 is 5.97 Å². The number of hydrogen-bond donors (Lipinski definition) is 0. The van der Waals surface area contributed by atoms with Gasteiger partial charge in [0.2, 0.25) is 5.91 Å². The zero-order valence-corrected chi connectivity index (χ0v) is 14.8. The normalized spacial score (nSPS) is 15.9. The van der Waals surface area contributed by atoms with Crippen molar-refractivity contribution in [1.82, 2.24) is 14.7 Å². The van der Waals surface area contributed by atoms with E-state index in [4.69, 9.17) is 4.74 Å². The summed E-state index contributed by atoms with van der Waals surface area (Å²) in [7, 11) is 0. The second kappa shape index (κ2) is 8.66. The number of allylic oxidation sites excluding steroid dienone is 1. The zero-order chi connectivity index (χ0) is 17.5. The lowest BCUT2D eigenvalue weighted by atomic mass is 10.0. The van der Waals surface area contributed by atoms with Crippen molar-refractivity contribution in [2.45, 2.75) is 52.5 Å². The summed E-state index contributed by atoms with van der Waals surface area (Å²) in [6, 6.07) is 2.07. The van der Waals surface area contributed by atoms with E-state index < -0.39 is 0 Å². The molecule has 0 spiro atoms. The Labute approximate surface area is 143 Å². The second-order valence-electron chi connectivity index (χ2n) is 5.99. The molecule has 1 aliphatic heterocycles. The Kier molecular flexibility index (Phi) is 6.58. The van der Waals surface area contributed by atoms with Crippen LogP contribution in [0.3, 0.4) is 0 Å². The third kappa shape index (κ3) is 4.24. The first-order valence-corrected chi connectivity index (χ1v) is 8.77. The Morgan fingerprint density at radius 2 is 2.04 bits per heavy atom. The van der Waals surface area contributed by atoms with Crippen LogP contribution in [0.1, 0.15) is 62.3 Å². The lowest BCUT2D eigenvalue weighted by molar-refractivity contribution is -0.127. The van der Waals surface area contributed by atoms with E-state index in [9.17, 15) is 9.59 Å². The van der Waals surface area contributed by atoms with Gasteiger partial charge in [0.1, 0.15) is 0 Å². The summed E-state index contributed by atoms with van der Waals surface area (Å²) in [5, 5.41) is 4.50. The quantitative estimate of drug-likeness (QED) is 0.593. The molecule has 1 aromatic rings. The number of carbonyl (C=O) groups excluding carboxylic acids is 2. The molecular formula is C18H27N3O3. The summed E-state index contributed by atoms with van der Waals surface area (Å²) in [5.74, 6) is -0.299. The first-order chi connectivity index (χ1) is 11.6. The Balaban J connectivity index is 2.11. The number of aryl methyl sites for hydroxylation is 1. The second-order valence-corrected chi connectivity index (χ2v) is 5.99. The monoisotopic (exact) mass is 333 g/mol. The number of piperidine rings is 1. The average Bonchev–Trinajstić information content (AvgIpc) is 3.00. The summed E-state index contributed by atoms with van der Waals surface area (Å²) in [6.45, 7) is 7.53. The minimum Gasteiger partial charge on any atom is -0.461 e. The van der Waals surface area contributed by atoms with E-state index in [1.165, 1.54) is 0 Å². The highest BCUT2D eigenvalue weighted by molar-refractivity contribution is 5.87. The van der Waals surface area contributed by atoms with Crippen LogP contribution in [0.5, 0.6) is 0 Å². The highest BCUT2D eigenvalue weighted by Crippen LogP contribution is 2.25. The molecule has 6 heteroatoms. The van der Waals surface area contributed by atoms with Crippen molar-refractivity contribution in [3.05, 3.63) is 29.6 Å². The van der Waals surface area contributed by atoms with E-state index in [1.807, 2.05) is 22.6 Å². The van der Waals surface area contributed by atoms with Crippen LogP contribution in [-0.2, 0) is 16.0 Å². The van der Waals surface area contributed by atoms with Gasteiger partial charge in [-0.2, -0.15) is 5.10 Å². The van der Waals surface area contributed by atoms with E-state index >= 15 is 0 Å². The van der Waals surface area contributed by atoms with Crippen molar-refractivity contribution in [3.8, 4) is 0 Å². The molecule has 0 N–H and O–H groups in total. The maximum absolute atomic E-state index is 12.0. The topological polar surface area (TPSA) is 64.4 Å². The van der Waals surface area contributed by atoms with Gasteiger partial charge in [-0.05, 0) is 45.3 Å². The van der Waals surface area contributed by atoms with Crippen LogP contribution in [0.25, 0.3) is 0 Å². The van der Waals surface area contributed by atoms with Crippen LogP contribution in [0.2, 0.25) is 0 Å². The van der Waals surface area contributed by atoms with Crippen LogP contribution < -0.4 is 0 Å². The van der Waals surface area contributed by atoms with Gasteiger partial charge in [0.05, 0.1) is 12.6 Å². The van der Waals surface area contributed by atoms with Gasteiger partial charge in [-0.15, -0.1) is 0 Å². The van der Waals surface area contributed by atoms with Crippen molar-refractivity contribution in [1.29, 1.82) is 0 Å². The summed E-state index contributed by atoms with van der Waals surface area (Å²) >= 11 is 0. The molecule has 0 radical (unpaired) electrons. The number of esters is 1. The molecule has 24 heavy (non-hydrogen) atoms. The Morgan fingerprint density at radius 1 is 1.33 bits per heavy atom. The van der Waals surface area contributed by atoms with E-state index in [1.54, 1.807) is 19.1 Å². The molecule has 0 aromatic carbocycles.